The Balaban J connectivity index is 2.76. The summed E-state index contributed by atoms with van der Waals surface area (Å²) in [6.07, 6.45) is -3.00. The summed E-state index contributed by atoms with van der Waals surface area (Å²) in [7, 11) is 0. The Morgan fingerprint density at radius 3 is 2.67 bits per heavy atom. The molecule has 98 valence electrons. The fourth-order valence-corrected chi connectivity index (χ4v) is 1.81. The van der Waals surface area contributed by atoms with Gasteiger partial charge in [-0.15, -0.1) is 0 Å². The molecule has 0 saturated heterocycles. The minimum atomic E-state index is -4.52. The molecule has 2 N–H and O–H groups in total. The van der Waals surface area contributed by atoms with Crippen LogP contribution in [-0.2, 0) is 6.18 Å². The first kappa shape index (κ1) is 12.8. The SMILES string of the molecule is Cc1cnc2c(c1)nc(C(F)(F)F)n2C(C)CN. The van der Waals surface area contributed by atoms with Gasteiger partial charge in [-0.25, -0.2) is 9.97 Å². The van der Waals surface area contributed by atoms with Crippen molar-refractivity contribution < 1.29 is 13.2 Å². The van der Waals surface area contributed by atoms with Crippen LogP contribution in [0.25, 0.3) is 11.2 Å². The number of hydrogen-bond acceptors (Lipinski definition) is 3. The van der Waals surface area contributed by atoms with E-state index in [-0.39, 0.29) is 17.7 Å². The van der Waals surface area contributed by atoms with Crippen molar-refractivity contribution in [3.8, 4) is 0 Å². The summed E-state index contributed by atoms with van der Waals surface area (Å²) < 4.78 is 39.8. The molecule has 0 radical (unpaired) electrons. The Labute approximate surface area is 102 Å². The summed E-state index contributed by atoms with van der Waals surface area (Å²) in [5.41, 5.74) is 6.67. The predicted octanol–water partition coefficient (Wildman–Crippen LogP) is 2.28. The Morgan fingerprint density at radius 2 is 2.11 bits per heavy atom. The molecule has 4 nitrogen and oxygen atoms in total. The molecule has 0 bridgehead atoms. The van der Waals surface area contributed by atoms with Gasteiger partial charge in [0.25, 0.3) is 0 Å². The van der Waals surface area contributed by atoms with Crippen molar-refractivity contribution in [3.63, 3.8) is 0 Å². The number of imidazole rings is 1. The highest BCUT2D eigenvalue weighted by atomic mass is 19.4. The molecule has 2 rings (SSSR count). The number of pyridine rings is 1. The van der Waals surface area contributed by atoms with Crippen molar-refractivity contribution in [3.05, 3.63) is 23.7 Å². The van der Waals surface area contributed by atoms with Crippen LogP contribution in [-0.4, -0.2) is 21.1 Å². The highest BCUT2D eigenvalue weighted by molar-refractivity contribution is 5.72. The van der Waals surface area contributed by atoms with Gasteiger partial charge in [0.1, 0.15) is 5.52 Å². The van der Waals surface area contributed by atoms with E-state index in [1.54, 1.807) is 19.9 Å². The Hall–Kier alpha value is -1.63. The van der Waals surface area contributed by atoms with E-state index in [1.807, 2.05) is 0 Å². The highest BCUT2D eigenvalue weighted by Gasteiger charge is 2.38. The first-order chi connectivity index (χ1) is 8.34. The van der Waals surface area contributed by atoms with Gasteiger partial charge in [0.2, 0.25) is 5.82 Å². The van der Waals surface area contributed by atoms with E-state index in [0.29, 0.717) is 0 Å². The molecule has 2 aromatic rings. The lowest BCUT2D eigenvalue weighted by Gasteiger charge is -2.16. The normalized spacial score (nSPS) is 14.1. The number of fused-ring (bicyclic) bond motifs is 1. The summed E-state index contributed by atoms with van der Waals surface area (Å²) in [6, 6.07) is 1.07. The van der Waals surface area contributed by atoms with Crippen molar-refractivity contribution in [2.45, 2.75) is 26.1 Å². The molecule has 2 heterocycles. The molecular formula is C11H13F3N4. The first-order valence-electron chi connectivity index (χ1n) is 5.46. The molecule has 0 aromatic carbocycles. The van der Waals surface area contributed by atoms with Crippen LogP contribution in [0.1, 0.15) is 24.4 Å². The maximum atomic E-state index is 12.9. The third kappa shape index (κ3) is 2.05. The predicted molar refractivity (Wildman–Crippen MR) is 61.0 cm³/mol. The zero-order chi connectivity index (χ0) is 13.5. The maximum absolute atomic E-state index is 12.9. The number of aryl methyl sites for hydroxylation is 1. The average Bonchev–Trinajstić information content (AvgIpc) is 2.66. The van der Waals surface area contributed by atoms with Crippen molar-refractivity contribution in [1.82, 2.24) is 14.5 Å². The Morgan fingerprint density at radius 1 is 1.44 bits per heavy atom. The van der Waals surface area contributed by atoms with Crippen molar-refractivity contribution >= 4 is 11.2 Å². The monoisotopic (exact) mass is 258 g/mol. The minimum absolute atomic E-state index is 0.0874. The van der Waals surface area contributed by atoms with Gasteiger partial charge in [-0.1, -0.05) is 0 Å². The quantitative estimate of drug-likeness (QED) is 0.899. The molecule has 1 unspecified atom stereocenters. The van der Waals surface area contributed by atoms with Crippen LogP contribution in [0.4, 0.5) is 13.2 Å². The smallest absolute Gasteiger partial charge is 0.328 e. The molecule has 7 heteroatoms. The van der Waals surface area contributed by atoms with Crippen LogP contribution in [0.3, 0.4) is 0 Å². The second-order valence-electron chi connectivity index (χ2n) is 4.24. The summed E-state index contributed by atoms with van der Waals surface area (Å²) in [4.78, 5) is 7.66. The van der Waals surface area contributed by atoms with Gasteiger partial charge >= 0.3 is 6.18 Å². The summed E-state index contributed by atoms with van der Waals surface area (Å²) >= 11 is 0. The number of rotatable bonds is 2. The standard InChI is InChI=1S/C11H13F3N4/c1-6-3-8-9(16-5-6)18(7(2)4-15)10(17-8)11(12,13)14/h3,5,7H,4,15H2,1-2H3. The van der Waals surface area contributed by atoms with Gasteiger partial charge in [-0.05, 0) is 25.5 Å². The first-order valence-corrected chi connectivity index (χ1v) is 5.46. The van der Waals surface area contributed by atoms with Crippen LogP contribution in [0.5, 0.6) is 0 Å². The van der Waals surface area contributed by atoms with Gasteiger partial charge < -0.3 is 10.3 Å². The molecule has 0 aliphatic rings. The van der Waals surface area contributed by atoms with E-state index >= 15 is 0 Å². The zero-order valence-corrected chi connectivity index (χ0v) is 9.99. The van der Waals surface area contributed by atoms with Crippen LogP contribution in [0.2, 0.25) is 0 Å². The Bertz CT molecular complexity index is 573. The van der Waals surface area contributed by atoms with Crippen LogP contribution >= 0.6 is 0 Å². The molecule has 0 aliphatic carbocycles. The second-order valence-corrected chi connectivity index (χ2v) is 4.24. The molecular weight excluding hydrogens is 245 g/mol. The summed E-state index contributed by atoms with van der Waals surface area (Å²) in [5, 5.41) is 0. The molecule has 0 spiro atoms. The molecule has 0 aliphatic heterocycles. The molecule has 0 amide bonds. The number of nitrogens with two attached hydrogens (primary N) is 1. The fourth-order valence-electron chi connectivity index (χ4n) is 1.81. The van der Waals surface area contributed by atoms with Crippen LogP contribution in [0.15, 0.2) is 12.3 Å². The molecule has 1 atom stereocenters. The molecule has 18 heavy (non-hydrogen) atoms. The van der Waals surface area contributed by atoms with Crippen molar-refractivity contribution in [2.75, 3.05) is 6.54 Å². The molecule has 0 fully saturated rings. The molecule has 2 aromatic heterocycles. The summed E-state index contributed by atoms with van der Waals surface area (Å²) in [6.45, 7) is 3.45. The van der Waals surface area contributed by atoms with E-state index in [4.69, 9.17) is 5.73 Å². The van der Waals surface area contributed by atoms with Crippen LogP contribution < -0.4 is 5.73 Å². The van der Waals surface area contributed by atoms with E-state index in [0.717, 1.165) is 10.1 Å². The number of aromatic nitrogens is 3. The number of nitrogens with zero attached hydrogens (tertiary/aromatic N) is 3. The third-order valence-electron chi connectivity index (χ3n) is 2.70. The zero-order valence-electron chi connectivity index (χ0n) is 9.99. The van der Waals surface area contributed by atoms with E-state index in [9.17, 15) is 13.2 Å². The topological polar surface area (TPSA) is 56.7 Å². The molecule has 0 saturated carbocycles. The van der Waals surface area contributed by atoms with Gasteiger partial charge in [0.05, 0.1) is 0 Å². The van der Waals surface area contributed by atoms with E-state index in [1.165, 1.54) is 6.20 Å². The number of alkyl halides is 3. The lowest BCUT2D eigenvalue weighted by Crippen LogP contribution is -2.22. The summed E-state index contributed by atoms with van der Waals surface area (Å²) in [5.74, 6) is -0.950. The Kier molecular flexibility index (Phi) is 3.02. The number of halogens is 3. The van der Waals surface area contributed by atoms with Crippen molar-refractivity contribution in [2.24, 2.45) is 5.73 Å². The van der Waals surface area contributed by atoms with Gasteiger partial charge in [-0.3, -0.25) is 0 Å². The minimum Gasteiger partial charge on any atom is -0.328 e. The van der Waals surface area contributed by atoms with E-state index in [2.05, 4.69) is 9.97 Å². The van der Waals surface area contributed by atoms with Gasteiger partial charge in [0, 0.05) is 18.8 Å². The maximum Gasteiger partial charge on any atom is 0.449 e. The van der Waals surface area contributed by atoms with E-state index < -0.39 is 18.0 Å². The lowest BCUT2D eigenvalue weighted by molar-refractivity contribution is -0.147. The lowest BCUT2D eigenvalue weighted by atomic mass is 10.3. The third-order valence-corrected chi connectivity index (χ3v) is 2.70. The van der Waals surface area contributed by atoms with Crippen molar-refractivity contribution in [1.29, 1.82) is 0 Å². The van der Waals surface area contributed by atoms with Gasteiger partial charge in [-0.2, -0.15) is 13.2 Å². The average molecular weight is 258 g/mol. The number of hydrogen-bond donors (Lipinski definition) is 1. The van der Waals surface area contributed by atoms with Crippen LogP contribution in [0, 0.1) is 6.92 Å². The second kappa shape index (κ2) is 4.24. The fraction of sp³-hybridized carbons (Fsp3) is 0.455. The largest absolute Gasteiger partial charge is 0.449 e. The highest BCUT2D eigenvalue weighted by Crippen LogP contribution is 2.32. The van der Waals surface area contributed by atoms with Gasteiger partial charge in [0.15, 0.2) is 5.65 Å².